The minimum Gasteiger partial charge on any atom is -0.462 e. The topological polar surface area (TPSA) is 33.6 Å². The minimum atomic E-state index is 0.117. The van der Waals surface area contributed by atoms with Crippen LogP contribution < -0.4 is 5.32 Å². The molecule has 12 heavy (non-hydrogen) atoms. The van der Waals surface area contributed by atoms with Gasteiger partial charge in [0.05, 0.1) is 0 Å². The van der Waals surface area contributed by atoms with Gasteiger partial charge >= 0.3 is 0 Å². The first-order valence-corrected chi connectivity index (χ1v) is 4.53. The first kappa shape index (κ1) is 9.36. The van der Waals surface area contributed by atoms with Crippen molar-refractivity contribution in [2.24, 2.45) is 4.99 Å². The zero-order valence-corrected chi connectivity index (χ0v) is 8.35. The van der Waals surface area contributed by atoms with E-state index in [9.17, 15) is 0 Å². The molecule has 1 fully saturated rings. The molecule has 1 N–H and O–H groups in total. The van der Waals surface area contributed by atoms with E-state index in [0.29, 0.717) is 6.02 Å². The summed E-state index contributed by atoms with van der Waals surface area (Å²) < 4.78 is 5.50. The molecule has 70 valence electrons. The van der Waals surface area contributed by atoms with Crippen LogP contribution in [0.4, 0.5) is 0 Å². The summed E-state index contributed by atoms with van der Waals surface area (Å²) in [7, 11) is 0. The third-order valence-corrected chi connectivity index (χ3v) is 1.86. The Kier molecular flexibility index (Phi) is 2.60. The molecule has 1 heterocycles. The number of amidine groups is 1. The van der Waals surface area contributed by atoms with Crippen LogP contribution in [-0.4, -0.2) is 24.2 Å². The highest BCUT2D eigenvalue weighted by Crippen LogP contribution is 2.18. The van der Waals surface area contributed by atoms with Crippen LogP contribution in [0.1, 0.15) is 34.1 Å². The van der Waals surface area contributed by atoms with Crippen molar-refractivity contribution in [1.29, 1.82) is 0 Å². The lowest BCUT2D eigenvalue weighted by atomic mass is 9.96. The number of hydrogen-bond acceptors (Lipinski definition) is 2. The van der Waals surface area contributed by atoms with E-state index >= 15 is 0 Å². The SMILES string of the molecule is CCN=C1NC(C)(C)CC(C)O1. The summed E-state index contributed by atoms with van der Waals surface area (Å²) >= 11 is 0. The fourth-order valence-corrected chi connectivity index (χ4v) is 1.54. The van der Waals surface area contributed by atoms with Gasteiger partial charge in [-0.1, -0.05) is 0 Å². The van der Waals surface area contributed by atoms with Gasteiger partial charge in [-0.3, -0.25) is 0 Å². The minimum absolute atomic E-state index is 0.117. The van der Waals surface area contributed by atoms with Crippen molar-refractivity contribution >= 4 is 6.02 Å². The summed E-state index contributed by atoms with van der Waals surface area (Å²) in [5.41, 5.74) is 0.117. The molecule has 1 aliphatic heterocycles. The van der Waals surface area contributed by atoms with Crippen LogP contribution >= 0.6 is 0 Å². The van der Waals surface area contributed by atoms with Gasteiger partial charge in [0.15, 0.2) is 0 Å². The van der Waals surface area contributed by atoms with Gasteiger partial charge in [-0.2, -0.15) is 0 Å². The van der Waals surface area contributed by atoms with Crippen molar-refractivity contribution in [3.8, 4) is 0 Å². The molecule has 0 aromatic heterocycles. The van der Waals surface area contributed by atoms with Crippen LogP contribution in [0.3, 0.4) is 0 Å². The molecule has 1 saturated heterocycles. The molecule has 0 radical (unpaired) electrons. The zero-order valence-electron chi connectivity index (χ0n) is 8.35. The van der Waals surface area contributed by atoms with Gasteiger partial charge in [-0.15, -0.1) is 0 Å². The van der Waals surface area contributed by atoms with Crippen LogP contribution in [0, 0.1) is 0 Å². The Morgan fingerprint density at radius 2 is 2.33 bits per heavy atom. The third kappa shape index (κ3) is 2.40. The standard InChI is InChI=1S/C9H18N2O/c1-5-10-8-11-9(3,4)6-7(2)12-8/h7H,5-6H2,1-4H3,(H,10,11). The van der Waals surface area contributed by atoms with Crippen molar-refractivity contribution in [1.82, 2.24) is 5.32 Å². The molecule has 1 atom stereocenters. The van der Waals surface area contributed by atoms with Gasteiger partial charge < -0.3 is 10.1 Å². The maximum atomic E-state index is 5.50. The Morgan fingerprint density at radius 3 is 2.83 bits per heavy atom. The van der Waals surface area contributed by atoms with E-state index in [1.54, 1.807) is 0 Å². The van der Waals surface area contributed by atoms with Crippen LogP contribution in [0.5, 0.6) is 0 Å². The second-order valence-corrected chi connectivity index (χ2v) is 3.92. The van der Waals surface area contributed by atoms with Crippen LogP contribution in [0.2, 0.25) is 0 Å². The summed E-state index contributed by atoms with van der Waals surface area (Å²) in [4.78, 5) is 4.21. The first-order valence-electron chi connectivity index (χ1n) is 4.53. The molecule has 0 aromatic rings. The van der Waals surface area contributed by atoms with E-state index in [2.05, 4.69) is 31.1 Å². The molecule has 0 aliphatic carbocycles. The van der Waals surface area contributed by atoms with E-state index in [1.165, 1.54) is 0 Å². The predicted octanol–water partition coefficient (Wildman–Crippen LogP) is 1.54. The molecule has 1 rings (SSSR count). The summed E-state index contributed by atoms with van der Waals surface area (Å²) in [5.74, 6) is 0. The summed E-state index contributed by atoms with van der Waals surface area (Å²) in [6.07, 6.45) is 1.29. The maximum Gasteiger partial charge on any atom is 0.285 e. The Morgan fingerprint density at radius 1 is 1.67 bits per heavy atom. The highest BCUT2D eigenvalue weighted by Gasteiger charge is 2.29. The Hall–Kier alpha value is -0.730. The largest absolute Gasteiger partial charge is 0.462 e. The number of nitrogens with zero attached hydrogens (tertiary/aromatic N) is 1. The Balaban J connectivity index is 2.64. The quantitative estimate of drug-likeness (QED) is 0.647. The van der Waals surface area contributed by atoms with E-state index in [1.807, 2.05) is 6.92 Å². The van der Waals surface area contributed by atoms with Gasteiger partial charge in [-0.25, -0.2) is 4.99 Å². The van der Waals surface area contributed by atoms with E-state index in [0.717, 1.165) is 13.0 Å². The maximum absolute atomic E-state index is 5.50. The molecule has 0 spiro atoms. The van der Waals surface area contributed by atoms with E-state index < -0.39 is 0 Å². The number of ether oxygens (including phenoxy) is 1. The first-order chi connectivity index (χ1) is 5.53. The third-order valence-electron chi connectivity index (χ3n) is 1.86. The Bertz CT molecular complexity index is 187. The van der Waals surface area contributed by atoms with E-state index in [-0.39, 0.29) is 11.6 Å². The van der Waals surface area contributed by atoms with Crippen molar-refractivity contribution < 1.29 is 4.74 Å². The molecule has 3 heteroatoms. The van der Waals surface area contributed by atoms with Gasteiger partial charge in [0.2, 0.25) is 0 Å². The molecule has 3 nitrogen and oxygen atoms in total. The van der Waals surface area contributed by atoms with Crippen molar-refractivity contribution in [2.75, 3.05) is 6.54 Å². The van der Waals surface area contributed by atoms with Gasteiger partial charge in [-0.05, 0) is 27.7 Å². The molecular formula is C9H18N2O. The molecule has 0 bridgehead atoms. The Labute approximate surface area is 74.2 Å². The monoisotopic (exact) mass is 170 g/mol. The fourth-order valence-electron chi connectivity index (χ4n) is 1.54. The molecule has 1 aliphatic rings. The lowest BCUT2D eigenvalue weighted by Gasteiger charge is -2.36. The van der Waals surface area contributed by atoms with Gasteiger partial charge in [0.25, 0.3) is 6.02 Å². The van der Waals surface area contributed by atoms with Crippen molar-refractivity contribution in [2.45, 2.75) is 45.8 Å². The second kappa shape index (κ2) is 3.33. The van der Waals surface area contributed by atoms with Gasteiger partial charge in [0, 0.05) is 18.5 Å². The number of hydrogen-bond donors (Lipinski definition) is 1. The average molecular weight is 170 g/mol. The zero-order chi connectivity index (χ0) is 9.19. The summed E-state index contributed by atoms with van der Waals surface area (Å²) in [6, 6.07) is 0.696. The average Bonchev–Trinajstić information content (AvgIpc) is 1.82. The van der Waals surface area contributed by atoms with Crippen LogP contribution in [0.15, 0.2) is 4.99 Å². The fraction of sp³-hybridized carbons (Fsp3) is 0.889. The van der Waals surface area contributed by atoms with Crippen LogP contribution in [0.25, 0.3) is 0 Å². The summed E-state index contributed by atoms with van der Waals surface area (Å²) in [6.45, 7) is 9.18. The predicted molar refractivity (Wildman–Crippen MR) is 50.4 cm³/mol. The molecule has 0 amide bonds. The highest BCUT2D eigenvalue weighted by molar-refractivity contribution is 5.75. The molecule has 0 saturated carbocycles. The lowest BCUT2D eigenvalue weighted by molar-refractivity contribution is 0.113. The lowest BCUT2D eigenvalue weighted by Crippen LogP contribution is -2.52. The number of rotatable bonds is 1. The summed E-state index contributed by atoms with van der Waals surface area (Å²) in [5, 5.41) is 3.25. The van der Waals surface area contributed by atoms with Crippen molar-refractivity contribution in [3.63, 3.8) is 0 Å². The normalized spacial score (nSPS) is 31.0. The molecule has 1 unspecified atom stereocenters. The highest BCUT2D eigenvalue weighted by atomic mass is 16.5. The van der Waals surface area contributed by atoms with Crippen molar-refractivity contribution in [3.05, 3.63) is 0 Å². The number of aliphatic imine (C=N–C) groups is 1. The molecule has 0 aromatic carbocycles. The van der Waals surface area contributed by atoms with E-state index in [4.69, 9.17) is 4.74 Å². The number of nitrogens with one attached hydrogen (secondary N) is 1. The van der Waals surface area contributed by atoms with Crippen LogP contribution in [-0.2, 0) is 4.74 Å². The second-order valence-electron chi connectivity index (χ2n) is 3.92. The van der Waals surface area contributed by atoms with Gasteiger partial charge in [0.1, 0.15) is 6.10 Å². The molecular weight excluding hydrogens is 152 g/mol. The smallest absolute Gasteiger partial charge is 0.285 e.